The molecule has 2 rings (SSSR count). The van der Waals surface area contributed by atoms with Crippen LogP contribution in [0.25, 0.3) is 0 Å². The number of rotatable bonds is 3. The molecule has 1 aliphatic heterocycles. The van der Waals surface area contributed by atoms with Gasteiger partial charge in [0.15, 0.2) is 0 Å². The maximum atomic E-state index is 12.0. The summed E-state index contributed by atoms with van der Waals surface area (Å²) in [5.41, 5.74) is 2.90. The molecule has 19 heavy (non-hydrogen) atoms. The number of carbonyl (C=O) groups excluding carboxylic acids is 1. The van der Waals surface area contributed by atoms with E-state index >= 15 is 0 Å². The number of hydrogen-bond donors (Lipinski definition) is 1. The van der Waals surface area contributed by atoms with Crippen LogP contribution < -0.4 is 5.43 Å². The van der Waals surface area contributed by atoms with Gasteiger partial charge in [0.2, 0.25) is 0 Å². The zero-order valence-corrected chi connectivity index (χ0v) is 11.0. The van der Waals surface area contributed by atoms with Gasteiger partial charge in [-0.25, -0.2) is 5.01 Å². The molecule has 0 atom stereocenters. The summed E-state index contributed by atoms with van der Waals surface area (Å²) in [6.45, 7) is 1.65. The van der Waals surface area contributed by atoms with Crippen LogP contribution >= 0.6 is 11.6 Å². The van der Waals surface area contributed by atoms with Gasteiger partial charge in [-0.05, 0) is 25.0 Å². The Bertz CT molecular complexity index is 501. The molecule has 0 bridgehead atoms. The third-order valence-electron chi connectivity index (χ3n) is 3.02. The van der Waals surface area contributed by atoms with Crippen LogP contribution in [0.4, 0.5) is 5.69 Å². The minimum absolute atomic E-state index is 0.0312. The second-order valence-corrected chi connectivity index (χ2v) is 4.82. The second-order valence-electron chi connectivity index (χ2n) is 4.41. The Labute approximate surface area is 115 Å². The molecule has 1 aromatic rings. The van der Waals surface area contributed by atoms with Gasteiger partial charge in [0.25, 0.3) is 11.6 Å². The van der Waals surface area contributed by atoms with Gasteiger partial charge in [0.1, 0.15) is 5.02 Å². The molecule has 1 heterocycles. The molecule has 0 spiro atoms. The van der Waals surface area contributed by atoms with Crippen molar-refractivity contribution in [2.24, 2.45) is 0 Å². The molecule has 0 unspecified atom stereocenters. The van der Waals surface area contributed by atoms with E-state index in [1.54, 1.807) is 0 Å². The number of carbonyl (C=O) groups is 1. The van der Waals surface area contributed by atoms with Crippen molar-refractivity contribution in [2.45, 2.75) is 19.3 Å². The van der Waals surface area contributed by atoms with E-state index in [2.05, 4.69) is 5.43 Å². The molecule has 1 aliphatic rings. The van der Waals surface area contributed by atoms with E-state index in [-0.39, 0.29) is 16.6 Å². The minimum Gasteiger partial charge on any atom is -0.285 e. The maximum absolute atomic E-state index is 12.0. The number of piperidine rings is 1. The molecule has 102 valence electrons. The molecular formula is C12H14ClN3O3. The van der Waals surface area contributed by atoms with Crippen molar-refractivity contribution in [3.63, 3.8) is 0 Å². The average molecular weight is 284 g/mol. The molecular weight excluding hydrogens is 270 g/mol. The summed E-state index contributed by atoms with van der Waals surface area (Å²) < 4.78 is 0. The third kappa shape index (κ3) is 3.42. The lowest BCUT2D eigenvalue weighted by atomic mass is 10.1. The van der Waals surface area contributed by atoms with Gasteiger partial charge >= 0.3 is 0 Å². The van der Waals surface area contributed by atoms with Crippen molar-refractivity contribution < 1.29 is 9.72 Å². The van der Waals surface area contributed by atoms with E-state index in [0.717, 1.165) is 25.9 Å². The molecule has 0 aliphatic carbocycles. The van der Waals surface area contributed by atoms with Gasteiger partial charge in [-0.1, -0.05) is 18.0 Å². The fourth-order valence-corrected chi connectivity index (χ4v) is 2.26. The molecule has 0 aromatic heterocycles. The summed E-state index contributed by atoms with van der Waals surface area (Å²) in [6, 6.07) is 3.97. The number of halogens is 1. The second kappa shape index (κ2) is 5.99. The summed E-state index contributed by atoms with van der Waals surface area (Å²) in [5, 5.41) is 12.5. The number of nitrogens with zero attached hydrogens (tertiary/aromatic N) is 2. The molecule has 1 saturated heterocycles. The molecule has 0 saturated carbocycles. The molecule has 1 N–H and O–H groups in total. The van der Waals surface area contributed by atoms with Crippen molar-refractivity contribution in [3.05, 3.63) is 38.9 Å². The van der Waals surface area contributed by atoms with E-state index in [4.69, 9.17) is 11.6 Å². The molecule has 1 aromatic carbocycles. The van der Waals surface area contributed by atoms with E-state index in [1.165, 1.54) is 24.6 Å². The highest BCUT2D eigenvalue weighted by molar-refractivity contribution is 6.33. The van der Waals surface area contributed by atoms with Crippen LogP contribution in [0.1, 0.15) is 29.6 Å². The van der Waals surface area contributed by atoms with Gasteiger partial charge in [-0.15, -0.1) is 0 Å². The monoisotopic (exact) mass is 283 g/mol. The topological polar surface area (TPSA) is 75.5 Å². The predicted molar refractivity (Wildman–Crippen MR) is 71.0 cm³/mol. The van der Waals surface area contributed by atoms with Crippen LogP contribution in [-0.4, -0.2) is 28.9 Å². The number of hydrazine groups is 1. The van der Waals surface area contributed by atoms with Gasteiger partial charge in [0, 0.05) is 24.7 Å². The smallest absolute Gasteiger partial charge is 0.285 e. The predicted octanol–water partition coefficient (Wildman–Crippen LogP) is 2.38. The normalized spacial score (nSPS) is 16.1. The fraction of sp³-hybridized carbons (Fsp3) is 0.417. The molecule has 1 fully saturated rings. The summed E-state index contributed by atoms with van der Waals surface area (Å²) in [6.07, 6.45) is 3.29. The number of amides is 1. The first kappa shape index (κ1) is 13.8. The largest absolute Gasteiger partial charge is 0.287 e. The Balaban J connectivity index is 2.06. The van der Waals surface area contributed by atoms with E-state index in [0.29, 0.717) is 5.56 Å². The lowest BCUT2D eigenvalue weighted by molar-refractivity contribution is -0.384. The van der Waals surface area contributed by atoms with E-state index < -0.39 is 4.92 Å². The Hall–Kier alpha value is -1.66. The Morgan fingerprint density at radius 2 is 2.00 bits per heavy atom. The summed E-state index contributed by atoms with van der Waals surface area (Å²) >= 11 is 5.78. The number of nitrogens with one attached hydrogen (secondary N) is 1. The van der Waals surface area contributed by atoms with Crippen LogP contribution in [0, 0.1) is 10.1 Å². The molecule has 0 radical (unpaired) electrons. The highest BCUT2D eigenvalue weighted by Gasteiger charge is 2.17. The van der Waals surface area contributed by atoms with Crippen molar-refractivity contribution in [1.82, 2.24) is 10.4 Å². The molecule has 7 heteroatoms. The van der Waals surface area contributed by atoms with Gasteiger partial charge in [0.05, 0.1) is 4.92 Å². The highest BCUT2D eigenvalue weighted by Crippen LogP contribution is 2.24. The summed E-state index contributed by atoms with van der Waals surface area (Å²) in [7, 11) is 0. The summed E-state index contributed by atoms with van der Waals surface area (Å²) in [5.74, 6) is -0.293. The Morgan fingerprint density at radius 1 is 1.32 bits per heavy atom. The lowest BCUT2D eigenvalue weighted by Crippen LogP contribution is -2.45. The van der Waals surface area contributed by atoms with Crippen molar-refractivity contribution in [3.8, 4) is 0 Å². The first-order valence-electron chi connectivity index (χ1n) is 6.08. The highest BCUT2D eigenvalue weighted by atomic mass is 35.5. The van der Waals surface area contributed by atoms with Crippen LogP contribution in [-0.2, 0) is 0 Å². The Morgan fingerprint density at radius 3 is 2.58 bits per heavy atom. The molecule has 6 nitrogen and oxygen atoms in total. The summed E-state index contributed by atoms with van der Waals surface area (Å²) in [4.78, 5) is 22.0. The van der Waals surface area contributed by atoms with Gasteiger partial charge < -0.3 is 0 Å². The van der Waals surface area contributed by atoms with Crippen molar-refractivity contribution in [1.29, 1.82) is 0 Å². The number of nitro benzene ring substituents is 1. The average Bonchev–Trinajstić information content (AvgIpc) is 2.39. The van der Waals surface area contributed by atoms with Crippen LogP contribution in [0.2, 0.25) is 5.02 Å². The van der Waals surface area contributed by atoms with Crippen LogP contribution in [0.15, 0.2) is 18.2 Å². The zero-order valence-electron chi connectivity index (χ0n) is 10.3. The van der Waals surface area contributed by atoms with Gasteiger partial charge in [-0.3, -0.25) is 20.3 Å². The first-order valence-corrected chi connectivity index (χ1v) is 6.45. The van der Waals surface area contributed by atoms with Crippen LogP contribution in [0.3, 0.4) is 0 Å². The third-order valence-corrected chi connectivity index (χ3v) is 3.33. The number of hydrogen-bond acceptors (Lipinski definition) is 4. The SMILES string of the molecule is O=C(NN1CCCCC1)c1ccc([N+](=O)[O-])c(Cl)c1. The van der Waals surface area contributed by atoms with E-state index in [1.807, 2.05) is 5.01 Å². The lowest BCUT2D eigenvalue weighted by Gasteiger charge is -2.26. The number of nitro groups is 1. The molecule has 1 amide bonds. The number of benzene rings is 1. The fourth-order valence-electron chi connectivity index (χ4n) is 2.01. The standard InChI is InChI=1S/C12H14ClN3O3/c13-10-8-9(4-5-11(10)16(18)19)12(17)14-15-6-2-1-3-7-15/h4-5,8H,1-3,6-7H2,(H,14,17). The Kier molecular flexibility index (Phi) is 4.34. The quantitative estimate of drug-likeness (QED) is 0.682. The maximum Gasteiger partial charge on any atom is 0.287 e. The van der Waals surface area contributed by atoms with Gasteiger partial charge in [-0.2, -0.15) is 0 Å². The van der Waals surface area contributed by atoms with Crippen molar-refractivity contribution >= 4 is 23.2 Å². The van der Waals surface area contributed by atoms with Crippen molar-refractivity contribution in [2.75, 3.05) is 13.1 Å². The zero-order chi connectivity index (χ0) is 13.8. The van der Waals surface area contributed by atoms with E-state index in [9.17, 15) is 14.9 Å². The minimum atomic E-state index is -0.575. The first-order chi connectivity index (χ1) is 9.08. The van der Waals surface area contributed by atoms with Crippen LogP contribution in [0.5, 0.6) is 0 Å².